The second-order valence-corrected chi connectivity index (χ2v) is 7.55. The summed E-state index contributed by atoms with van der Waals surface area (Å²) >= 11 is 0. The molecule has 2 N–H and O–H groups in total. The van der Waals surface area contributed by atoms with Gasteiger partial charge in [-0.3, -0.25) is 4.90 Å². The van der Waals surface area contributed by atoms with Gasteiger partial charge in [0.15, 0.2) is 5.96 Å². The average Bonchev–Trinajstić information content (AvgIpc) is 3.22. The second-order valence-electron chi connectivity index (χ2n) is 7.55. The number of oxazole rings is 1. The fourth-order valence-corrected chi connectivity index (χ4v) is 3.49. The van der Waals surface area contributed by atoms with Crippen molar-refractivity contribution in [2.24, 2.45) is 10.9 Å². The molecule has 1 aliphatic heterocycles. The van der Waals surface area contributed by atoms with Crippen molar-refractivity contribution in [1.29, 1.82) is 0 Å². The van der Waals surface area contributed by atoms with Crippen molar-refractivity contribution in [3.8, 4) is 11.5 Å². The van der Waals surface area contributed by atoms with Crippen molar-refractivity contribution in [2.45, 2.75) is 33.4 Å². The van der Waals surface area contributed by atoms with E-state index in [0.717, 1.165) is 56.6 Å². The Balaban J connectivity index is 1.60. The van der Waals surface area contributed by atoms with Crippen LogP contribution in [0.15, 0.2) is 46.0 Å². The molecular formula is C22H33N5O2. The predicted molar refractivity (Wildman–Crippen MR) is 116 cm³/mol. The summed E-state index contributed by atoms with van der Waals surface area (Å²) in [4.78, 5) is 11.8. The number of guanidine groups is 1. The maximum Gasteiger partial charge on any atom is 0.226 e. The third-order valence-corrected chi connectivity index (χ3v) is 5.08. The molecule has 29 heavy (non-hydrogen) atoms. The normalized spacial score (nSPS) is 16.8. The number of benzene rings is 1. The molecule has 7 heteroatoms. The van der Waals surface area contributed by atoms with Gasteiger partial charge >= 0.3 is 0 Å². The first-order valence-corrected chi connectivity index (χ1v) is 10.5. The van der Waals surface area contributed by atoms with Crippen LogP contribution in [0.5, 0.6) is 0 Å². The van der Waals surface area contributed by atoms with Gasteiger partial charge in [0.05, 0.1) is 19.8 Å². The summed E-state index contributed by atoms with van der Waals surface area (Å²) < 4.78 is 11.1. The summed E-state index contributed by atoms with van der Waals surface area (Å²) in [5, 5.41) is 6.83. The van der Waals surface area contributed by atoms with E-state index in [1.165, 1.54) is 0 Å². The molecule has 0 aliphatic carbocycles. The fourth-order valence-electron chi connectivity index (χ4n) is 3.49. The molecule has 1 aliphatic rings. The second kappa shape index (κ2) is 11.0. The Bertz CT molecular complexity index is 754. The van der Waals surface area contributed by atoms with E-state index in [4.69, 9.17) is 14.1 Å². The Labute approximate surface area is 173 Å². The summed E-state index contributed by atoms with van der Waals surface area (Å²) in [6.45, 7) is 12.3. The van der Waals surface area contributed by atoms with Crippen LogP contribution >= 0.6 is 0 Å². The summed E-state index contributed by atoms with van der Waals surface area (Å²) in [5.74, 6) is 1.98. The monoisotopic (exact) mass is 399 g/mol. The molecule has 7 nitrogen and oxygen atoms in total. The van der Waals surface area contributed by atoms with Crippen LogP contribution in [0, 0.1) is 5.92 Å². The summed E-state index contributed by atoms with van der Waals surface area (Å²) in [7, 11) is 0. The minimum Gasteiger partial charge on any atom is -0.444 e. The van der Waals surface area contributed by atoms with Crippen molar-refractivity contribution in [1.82, 2.24) is 20.5 Å². The molecule has 1 aromatic heterocycles. The van der Waals surface area contributed by atoms with Gasteiger partial charge in [-0.2, -0.15) is 0 Å². The minimum absolute atomic E-state index is 0.444. The predicted octanol–water partition coefficient (Wildman–Crippen LogP) is 2.75. The molecule has 1 aromatic carbocycles. The first kappa shape index (κ1) is 21.3. The number of aromatic nitrogens is 1. The van der Waals surface area contributed by atoms with Gasteiger partial charge in [0.25, 0.3) is 0 Å². The third kappa shape index (κ3) is 6.30. The van der Waals surface area contributed by atoms with Crippen molar-refractivity contribution < 1.29 is 9.15 Å². The van der Waals surface area contributed by atoms with E-state index in [0.29, 0.717) is 24.4 Å². The number of nitrogens with zero attached hydrogens (tertiary/aromatic N) is 3. The van der Waals surface area contributed by atoms with Gasteiger partial charge in [0.1, 0.15) is 12.0 Å². The number of nitrogens with one attached hydrogen (secondary N) is 2. The molecule has 1 unspecified atom stereocenters. The van der Waals surface area contributed by atoms with E-state index < -0.39 is 0 Å². The van der Waals surface area contributed by atoms with Gasteiger partial charge in [0.2, 0.25) is 5.89 Å². The van der Waals surface area contributed by atoms with Crippen LogP contribution in [-0.4, -0.2) is 61.3 Å². The Morgan fingerprint density at radius 2 is 1.93 bits per heavy atom. The van der Waals surface area contributed by atoms with Gasteiger partial charge in [-0.1, -0.05) is 32.0 Å². The summed E-state index contributed by atoms with van der Waals surface area (Å²) in [6, 6.07) is 10.4. The van der Waals surface area contributed by atoms with Gasteiger partial charge in [-0.15, -0.1) is 0 Å². The number of aliphatic imine (C=N–C) groups is 1. The quantitative estimate of drug-likeness (QED) is 0.525. The molecule has 2 heterocycles. The average molecular weight is 400 g/mol. The third-order valence-electron chi connectivity index (χ3n) is 5.08. The van der Waals surface area contributed by atoms with Crippen LogP contribution in [-0.2, 0) is 11.3 Å². The molecule has 0 bridgehead atoms. The minimum atomic E-state index is 0.444. The van der Waals surface area contributed by atoms with Gasteiger partial charge in [-0.05, 0) is 25.0 Å². The number of ether oxygens (including phenoxy) is 1. The molecule has 1 saturated heterocycles. The molecule has 2 aromatic rings. The van der Waals surface area contributed by atoms with E-state index in [-0.39, 0.29) is 0 Å². The Morgan fingerprint density at radius 3 is 2.62 bits per heavy atom. The largest absolute Gasteiger partial charge is 0.444 e. The first-order chi connectivity index (χ1) is 14.2. The van der Waals surface area contributed by atoms with E-state index >= 15 is 0 Å². The van der Waals surface area contributed by atoms with Gasteiger partial charge in [0, 0.05) is 37.8 Å². The van der Waals surface area contributed by atoms with Crippen molar-refractivity contribution >= 4 is 5.96 Å². The zero-order chi connectivity index (χ0) is 20.5. The highest BCUT2D eigenvalue weighted by Crippen LogP contribution is 2.18. The topological polar surface area (TPSA) is 74.9 Å². The van der Waals surface area contributed by atoms with E-state index in [2.05, 4.69) is 41.3 Å². The van der Waals surface area contributed by atoms with Crippen molar-refractivity contribution in [3.63, 3.8) is 0 Å². The molecule has 1 fully saturated rings. The Hall–Kier alpha value is -2.38. The first-order valence-electron chi connectivity index (χ1n) is 10.5. The van der Waals surface area contributed by atoms with E-state index in [1.807, 2.05) is 30.3 Å². The smallest absolute Gasteiger partial charge is 0.226 e. The van der Waals surface area contributed by atoms with Crippen molar-refractivity contribution in [3.05, 3.63) is 42.3 Å². The van der Waals surface area contributed by atoms with Crippen LogP contribution in [0.1, 0.15) is 26.5 Å². The highest BCUT2D eigenvalue weighted by Gasteiger charge is 2.23. The lowest BCUT2D eigenvalue weighted by Gasteiger charge is -2.37. The maximum atomic E-state index is 5.61. The highest BCUT2D eigenvalue weighted by molar-refractivity contribution is 5.79. The van der Waals surface area contributed by atoms with Crippen molar-refractivity contribution in [2.75, 3.05) is 39.4 Å². The number of hydrogen-bond donors (Lipinski definition) is 2. The molecule has 0 saturated carbocycles. The lowest BCUT2D eigenvalue weighted by molar-refractivity contribution is 0.00752. The van der Waals surface area contributed by atoms with Crippen LogP contribution in [0.3, 0.4) is 0 Å². The van der Waals surface area contributed by atoms with Crippen LogP contribution in [0.25, 0.3) is 11.5 Å². The highest BCUT2D eigenvalue weighted by atomic mass is 16.5. The zero-order valence-electron chi connectivity index (χ0n) is 17.7. The number of rotatable bonds is 8. The van der Waals surface area contributed by atoms with Crippen LogP contribution in [0.4, 0.5) is 0 Å². The van der Waals surface area contributed by atoms with E-state index in [1.54, 1.807) is 6.26 Å². The molecule has 0 spiro atoms. The molecule has 0 amide bonds. The van der Waals surface area contributed by atoms with Gasteiger partial charge in [-0.25, -0.2) is 9.98 Å². The Morgan fingerprint density at radius 1 is 1.17 bits per heavy atom. The molecule has 1 atom stereocenters. The fraction of sp³-hybridized carbons (Fsp3) is 0.545. The molecule has 3 rings (SSSR count). The standard InChI is InChI=1S/C22H33N5O2/c1-4-23-22(25-15-20(17(2)3)27-10-12-28-13-11-27)24-14-19-16-29-21(26-19)18-8-6-5-7-9-18/h5-9,16-17,20H,4,10-15H2,1-3H3,(H2,23,24,25). The molecule has 0 radical (unpaired) electrons. The maximum absolute atomic E-state index is 5.61. The summed E-state index contributed by atoms with van der Waals surface area (Å²) in [6.07, 6.45) is 1.68. The summed E-state index contributed by atoms with van der Waals surface area (Å²) in [5.41, 5.74) is 1.78. The number of morpholine rings is 1. The molecular weight excluding hydrogens is 366 g/mol. The zero-order valence-corrected chi connectivity index (χ0v) is 17.7. The van der Waals surface area contributed by atoms with Crippen LogP contribution in [0.2, 0.25) is 0 Å². The number of hydrogen-bond acceptors (Lipinski definition) is 5. The molecule has 158 valence electrons. The SMILES string of the molecule is CCNC(=NCc1coc(-c2ccccc2)n1)NCC(C(C)C)N1CCOCC1. The lowest BCUT2D eigenvalue weighted by atomic mass is 10.0. The van der Waals surface area contributed by atoms with E-state index in [9.17, 15) is 0 Å². The Kier molecular flexibility index (Phi) is 8.07. The lowest BCUT2D eigenvalue weighted by Crippen LogP contribution is -2.52. The van der Waals surface area contributed by atoms with Gasteiger partial charge < -0.3 is 19.8 Å². The van der Waals surface area contributed by atoms with Crippen LogP contribution < -0.4 is 10.6 Å².